The van der Waals surface area contributed by atoms with Gasteiger partial charge in [-0.15, -0.1) is 0 Å². The number of allylic oxidation sites excluding steroid dienone is 1. The molecule has 1 saturated carbocycles. The van der Waals surface area contributed by atoms with Crippen LogP contribution in [0.2, 0.25) is 0 Å². The van der Waals surface area contributed by atoms with Gasteiger partial charge in [-0.05, 0) is 44.7 Å². The van der Waals surface area contributed by atoms with Gasteiger partial charge in [0, 0.05) is 5.92 Å². The Labute approximate surface area is 86.8 Å². The van der Waals surface area contributed by atoms with Crippen LogP contribution in [0.3, 0.4) is 0 Å². The van der Waals surface area contributed by atoms with Crippen LogP contribution in [0.15, 0.2) is 12.3 Å². The van der Waals surface area contributed by atoms with Gasteiger partial charge in [0.2, 0.25) is 5.91 Å². The van der Waals surface area contributed by atoms with Gasteiger partial charge >= 0.3 is 0 Å². The van der Waals surface area contributed by atoms with Gasteiger partial charge in [-0.1, -0.05) is 19.4 Å². The summed E-state index contributed by atoms with van der Waals surface area (Å²) in [4.78, 5) is 11.6. The lowest BCUT2D eigenvalue weighted by Gasteiger charge is -2.26. The minimum absolute atomic E-state index is 0.206. The molecule has 14 heavy (non-hydrogen) atoms. The van der Waals surface area contributed by atoms with Crippen LogP contribution in [0.5, 0.6) is 0 Å². The molecule has 0 bridgehead atoms. The number of carbonyl (C=O) groups is 1. The van der Waals surface area contributed by atoms with E-state index in [4.69, 9.17) is 0 Å². The van der Waals surface area contributed by atoms with E-state index < -0.39 is 0 Å². The lowest BCUT2D eigenvalue weighted by atomic mass is 9.80. The standard InChI is InChI=1S/C12H21NO/c1-3-9-13-12(14)11-7-5-10(4-2)6-8-11/h3,9-11H,4-8H2,1-2H3,(H,13,14)/b9-3+. The summed E-state index contributed by atoms with van der Waals surface area (Å²) in [5.74, 6) is 1.33. The van der Waals surface area contributed by atoms with Gasteiger partial charge < -0.3 is 5.32 Å². The summed E-state index contributed by atoms with van der Waals surface area (Å²) in [5, 5.41) is 2.82. The Bertz CT molecular complexity index is 202. The fourth-order valence-corrected chi connectivity index (χ4v) is 2.12. The first-order valence-corrected chi connectivity index (χ1v) is 5.69. The second kappa shape index (κ2) is 5.84. The van der Waals surface area contributed by atoms with Crippen molar-refractivity contribution in [2.75, 3.05) is 0 Å². The molecule has 1 aliphatic rings. The normalized spacial score (nSPS) is 27.9. The van der Waals surface area contributed by atoms with Crippen molar-refractivity contribution in [1.82, 2.24) is 5.32 Å². The minimum atomic E-state index is 0.206. The van der Waals surface area contributed by atoms with Gasteiger partial charge in [0.25, 0.3) is 0 Å². The third-order valence-electron chi connectivity index (χ3n) is 3.19. The quantitative estimate of drug-likeness (QED) is 0.737. The number of amides is 1. The highest BCUT2D eigenvalue weighted by molar-refractivity contribution is 5.79. The number of hydrogen-bond donors (Lipinski definition) is 1. The van der Waals surface area contributed by atoms with Gasteiger partial charge in [0.05, 0.1) is 0 Å². The molecule has 1 fully saturated rings. The molecule has 0 aromatic heterocycles. The van der Waals surface area contributed by atoms with E-state index >= 15 is 0 Å². The van der Waals surface area contributed by atoms with Crippen LogP contribution >= 0.6 is 0 Å². The molecule has 1 amide bonds. The largest absolute Gasteiger partial charge is 0.333 e. The second-order valence-corrected chi connectivity index (χ2v) is 4.13. The van der Waals surface area contributed by atoms with Crippen LogP contribution in [0.4, 0.5) is 0 Å². The van der Waals surface area contributed by atoms with E-state index in [9.17, 15) is 4.79 Å². The van der Waals surface area contributed by atoms with Crippen LogP contribution in [-0.2, 0) is 4.79 Å². The molecule has 0 heterocycles. The molecule has 1 rings (SSSR count). The molecule has 0 aliphatic heterocycles. The van der Waals surface area contributed by atoms with E-state index in [1.165, 1.54) is 19.3 Å². The molecule has 0 atom stereocenters. The van der Waals surface area contributed by atoms with Crippen LogP contribution in [0, 0.1) is 11.8 Å². The maximum Gasteiger partial charge on any atom is 0.227 e. The zero-order valence-corrected chi connectivity index (χ0v) is 9.25. The van der Waals surface area contributed by atoms with Crippen molar-refractivity contribution in [3.8, 4) is 0 Å². The summed E-state index contributed by atoms with van der Waals surface area (Å²) >= 11 is 0. The molecule has 0 unspecified atom stereocenters. The molecule has 2 nitrogen and oxygen atoms in total. The van der Waals surface area contributed by atoms with Crippen molar-refractivity contribution in [2.24, 2.45) is 11.8 Å². The summed E-state index contributed by atoms with van der Waals surface area (Å²) in [6.07, 6.45) is 9.45. The Morgan fingerprint density at radius 3 is 2.50 bits per heavy atom. The third-order valence-corrected chi connectivity index (χ3v) is 3.19. The maximum absolute atomic E-state index is 11.6. The predicted octanol–water partition coefficient (Wildman–Crippen LogP) is 2.85. The van der Waals surface area contributed by atoms with Crippen molar-refractivity contribution in [3.05, 3.63) is 12.3 Å². The van der Waals surface area contributed by atoms with Crippen molar-refractivity contribution in [3.63, 3.8) is 0 Å². The first kappa shape index (κ1) is 11.3. The Hall–Kier alpha value is -0.790. The molecule has 2 heteroatoms. The van der Waals surface area contributed by atoms with Crippen molar-refractivity contribution < 1.29 is 4.79 Å². The monoisotopic (exact) mass is 195 g/mol. The fourth-order valence-electron chi connectivity index (χ4n) is 2.12. The molecule has 1 N–H and O–H groups in total. The Kier molecular flexibility index (Phi) is 4.71. The molecule has 0 aromatic carbocycles. The molecular weight excluding hydrogens is 174 g/mol. The molecule has 0 spiro atoms. The molecular formula is C12H21NO. The fraction of sp³-hybridized carbons (Fsp3) is 0.750. The Morgan fingerprint density at radius 1 is 1.36 bits per heavy atom. The van der Waals surface area contributed by atoms with Gasteiger partial charge in [0.1, 0.15) is 0 Å². The summed E-state index contributed by atoms with van der Waals surface area (Å²) in [6.45, 7) is 4.15. The van der Waals surface area contributed by atoms with E-state index in [1.54, 1.807) is 6.20 Å². The first-order chi connectivity index (χ1) is 6.77. The average Bonchev–Trinajstić information content (AvgIpc) is 2.26. The number of carbonyl (C=O) groups excluding carboxylic acids is 1. The average molecular weight is 195 g/mol. The second-order valence-electron chi connectivity index (χ2n) is 4.13. The lowest BCUT2D eigenvalue weighted by Crippen LogP contribution is -2.29. The number of hydrogen-bond acceptors (Lipinski definition) is 1. The Balaban J connectivity index is 2.30. The summed E-state index contributed by atoms with van der Waals surface area (Å²) < 4.78 is 0. The highest BCUT2D eigenvalue weighted by Gasteiger charge is 2.24. The third kappa shape index (κ3) is 3.17. The SMILES string of the molecule is C/C=C/NC(=O)C1CCC(CC)CC1. The van der Waals surface area contributed by atoms with Gasteiger partial charge in [-0.2, -0.15) is 0 Å². The highest BCUT2D eigenvalue weighted by Crippen LogP contribution is 2.30. The lowest BCUT2D eigenvalue weighted by molar-refractivity contribution is -0.125. The molecule has 0 radical (unpaired) electrons. The predicted molar refractivity (Wildman–Crippen MR) is 58.7 cm³/mol. The summed E-state index contributed by atoms with van der Waals surface area (Å²) in [7, 11) is 0. The van der Waals surface area contributed by atoms with Crippen molar-refractivity contribution in [1.29, 1.82) is 0 Å². The number of rotatable bonds is 3. The van der Waals surface area contributed by atoms with Crippen LogP contribution in [0.1, 0.15) is 46.0 Å². The zero-order valence-electron chi connectivity index (χ0n) is 9.25. The molecule has 80 valence electrons. The van der Waals surface area contributed by atoms with Crippen molar-refractivity contribution >= 4 is 5.91 Å². The molecule has 0 saturated heterocycles. The van der Waals surface area contributed by atoms with E-state index in [0.717, 1.165) is 18.8 Å². The van der Waals surface area contributed by atoms with E-state index in [1.807, 2.05) is 13.0 Å². The van der Waals surface area contributed by atoms with Gasteiger partial charge in [-0.3, -0.25) is 4.79 Å². The van der Waals surface area contributed by atoms with E-state index in [2.05, 4.69) is 12.2 Å². The topological polar surface area (TPSA) is 29.1 Å². The smallest absolute Gasteiger partial charge is 0.227 e. The maximum atomic E-state index is 11.6. The first-order valence-electron chi connectivity index (χ1n) is 5.69. The summed E-state index contributed by atoms with van der Waals surface area (Å²) in [5.41, 5.74) is 0. The van der Waals surface area contributed by atoms with Crippen molar-refractivity contribution in [2.45, 2.75) is 46.0 Å². The zero-order chi connectivity index (χ0) is 10.4. The van der Waals surface area contributed by atoms with E-state index in [-0.39, 0.29) is 11.8 Å². The van der Waals surface area contributed by atoms with Crippen LogP contribution in [-0.4, -0.2) is 5.91 Å². The van der Waals surface area contributed by atoms with E-state index in [0.29, 0.717) is 0 Å². The van der Waals surface area contributed by atoms with Crippen LogP contribution in [0.25, 0.3) is 0 Å². The molecule has 1 aliphatic carbocycles. The Morgan fingerprint density at radius 2 is 2.00 bits per heavy atom. The summed E-state index contributed by atoms with van der Waals surface area (Å²) in [6, 6.07) is 0. The highest BCUT2D eigenvalue weighted by atomic mass is 16.1. The van der Waals surface area contributed by atoms with Crippen LogP contribution < -0.4 is 5.32 Å². The van der Waals surface area contributed by atoms with Gasteiger partial charge in [-0.25, -0.2) is 0 Å². The minimum Gasteiger partial charge on any atom is -0.333 e. The van der Waals surface area contributed by atoms with Gasteiger partial charge in [0.15, 0.2) is 0 Å². The molecule has 0 aromatic rings. The number of nitrogens with one attached hydrogen (secondary N) is 1.